The quantitative estimate of drug-likeness (QED) is 0.489. The summed E-state index contributed by atoms with van der Waals surface area (Å²) >= 11 is 1.64. The number of carbonyl (C=O) groups excluding carboxylic acids is 1. The number of fused-ring (bicyclic) bond motifs is 2. The number of phenols is 1. The average molecular weight is 430 g/mol. The second-order valence-electron chi connectivity index (χ2n) is 7.79. The van der Waals surface area contributed by atoms with Crippen LogP contribution in [0.25, 0.3) is 10.2 Å². The largest absolute Gasteiger partial charge is 0.508 e. The highest BCUT2D eigenvalue weighted by atomic mass is 32.1. The molecule has 0 radical (unpaired) electrons. The van der Waals surface area contributed by atoms with Crippen LogP contribution in [0.15, 0.2) is 66.7 Å². The molecule has 6 heteroatoms. The maximum Gasteiger partial charge on any atom is 0.251 e. The Balaban J connectivity index is 1.26. The van der Waals surface area contributed by atoms with Crippen molar-refractivity contribution in [3.8, 4) is 5.75 Å². The molecular formula is C25H23N3O2S. The van der Waals surface area contributed by atoms with E-state index in [1.807, 2.05) is 30.3 Å². The van der Waals surface area contributed by atoms with Gasteiger partial charge in [0.05, 0.1) is 10.2 Å². The van der Waals surface area contributed by atoms with Gasteiger partial charge in [0.2, 0.25) is 0 Å². The summed E-state index contributed by atoms with van der Waals surface area (Å²) in [6, 6.07) is 21.3. The van der Waals surface area contributed by atoms with E-state index in [2.05, 4.69) is 34.5 Å². The molecule has 0 aliphatic carbocycles. The van der Waals surface area contributed by atoms with Crippen LogP contribution < -0.4 is 10.2 Å². The number of nitrogens with zero attached hydrogens (tertiary/aromatic N) is 2. The van der Waals surface area contributed by atoms with Crippen molar-refractivity contribution in [2.45, 2.75) is 19.4 Å². The highest BCUT2D eigenvalue weighted by Gasteiger charge is 2.19. The standard InChI is InChI=1S/C25H23N3O2S/c29-21-8-5-17(6-9-21)11-13-26-24(30)19-7-10-22-23(15-19)31-25(27-22)28-14-12-18-3-1-2-4-20(18)16-28/h1-10,15,29H,11-14,16H2,(H,26,30). The third-order valence-electron chi connectivity index (χ3n) is 5.68. The topological polar surface area (TPSA) is 65.5 Å². The van der Waals surface area contributed by atoms with Crippen LogP contribution in [0.2, 0.25) is 0 Å². The van der Waals surface area contributed by atoms with E-state index >= 15 is 0 Å². The Kier molecular flexibility index (Phi) is 5.30. The van der Waals surface area contributed by atoms with Gasteiger partial charge in [-0.2, -0.15) is 0 Å². The molecule has 156 valence electrons. The fraction of sp³-hybridized carbons (Fsp3) is 0.200. The molecule has 1 aliphatic rings. The van der Waals surface area contributed by atoms with E-state index in [0.29, 0.717) is 12.1 Å². The number of rotatable bonds is 5. The normalized spacial score (nSPS) is 13.2. The smallest absolute Gasteiger partial charge is 0.251 e. The van der Waals surface area contributed by atoms with Gasteiger partial charge < -0.3 is 15.3 Å². The number of aromatic hydroxyl groups is 1. The highest BCUT2D eigenvalue weighted by molar-refractivity contribution is 7.22. The maximum atomic E-state index is 12.6. The van der Waals surface area contributed by atoms with Crippen molar-refractivity contribution in [1.82, 2.24) is 10.3 Å². The predicted molar refractivity (Wildman–Crippen MR) is 125 cm³/mol. The summed E-state index contributed by atoms with van der Waals surface area (Å²) < 4.78 is 1.03. The number of carbonyl (C=O) groups is 1. The molecule has 0 unspecified atom stereocenters. The summed E-state index contributed by atoms with van der Waals surface area (Å²) in [6.07, 6.45) is 1.75. The molecule has 4 aromatic rings. The van der Waals surface area contributed by atoms with Crippen LogP contribution in [0.4, 0.5) is 5.13 Å². The molecule has 5 rings (SSSR count). The van der Waals surface area contributed by atoms with Crippen molar-refractivity contribution >= 4 is 32.6 Å². The van der Waals surface area contributed by atoms with Crippen LogP contribution in [0.3, 0.4) is 0 Å². The van der Waals surface area contributed by atoms with Crippen LogP contribution in [0, 0.1) is 0 Å². The number of hydrogen-bond acceptors (Lipinski definition) is 5. The van der Waals surface area contributed by atoms with E-state index in [4.69, 9.17) is 4.98 Å². The van der Waals surface area contributed by atoms with Crippen molar-refractivity contribution in [2.24, 2.45) is 0 Å². The number of nitrogens with one attached hydrogen (secondary N) is 1. The third kappa shape index (κ3) is 4.25. The van der Waals surface area contributed by atoms with Gasteiger partial charge in [-0.1, -0.05) is 47.7 Å². The second-order valence-corrected chi connectivity index (χ2v) is 8.80. The molecule has 1 aliphatic heterocycles. The first-order valence-corrected chi connectivity index (χ1v) is 11.3. The minimum atomic E-state index is -0.0810. The lowest BCUT2D eigenvalue weighted by atomic mass is 10.0. The first kappa shape index (κ1) is 19.6. The number of anilines is 1. The summed E-state index contributed by atoms with van der Waals surface area (Å²) in [7, 11) is 0. The van der Waals surface area contributed by atoms with Gasteiger partial charge in [0.25, 0.3) is 5.91 Å². The predicted octanol–water partition coefficient (Wildman–Crippen LogP) is 4.54. The minimum absolute atomic E-state index is 0.0810. The van der Waals surface area contributed by atoms with E-state index in [1.54, 1.807) is 23.5 Å². The molecule has 1 aromatic heterocycles. The number of hydrogen-bond donors (Lipinski definition) is 2. The van der Waals surface area contributed by atoms with Crippen LogP contribution >= 0.6 is 11.3 Å². The first-order valence-electron chi connectivity index (χ1n) is 10.4. The summed E-state index contributed by atoms with van der Waals surface area (Å²) in [5.74, 6) is 0.168. The Morgan fingerprint density at radius 2 is 1.87 bits per heavy atom. The number of benzene rings is 3. The number of thiazole rings is 1. The Morgan fingerprint density at radius 1 is 1.06 bits per heavy atom. The van der Waals surface area contributed by atoms with Gasteiger partial charge >= 0.3 is 0 Å². The molecule has 0 saturated heterocycles. The summed E-state index contributed by atoms with van der Waals surface area (Å²) in [5.41, 5.74) is 5.44. The molecule has 0 bridgehead atoms. The van der Waals surface area contributed by atoms with Crippen molar-refractivity contribution in [3.63, 3.8) is 0 Å². The molecule has 0 saturated carbocycles. The summed E-state index contributed by atoms with van der Waals surface area (Å²) in [6.45, 7) is 2.38. The molecule has 2 N–H and O–H groups in total. The second kappa shape index (κ2) is 8.40. The molecule has 1 amide bonds. The first-order chi connectivity index (χ1) is 15.2. The molecule has 0 atom stereocenters. The van der Waals surface area contributed by atoms with Gasteiger partial charge in [0, 0.05) is 25.2 Å². The van der Waals surface area contributed by atoms with Gasteiger partial charge in [-0.3, -0.25) is 4.79 Å². The lowest BCUT2D eigenvalue weighted by Gasteiger charge is -2.28. The highest BCUT2D eigenvalue weighted by Crippen LogP contribution is 2.32. The van der Waals surface area contributed by atoms with E-state index < -0.39 is 0 Å². The average Bonchev–Trinajstić information content (AvgIpc) is 3.23. The Labute approximate surface area is 185 Å². The van der Waals surface area contributed by atoms with Crippen molar-refractivity contribution in [1.29, 1.82) is 0 Å². The fourth-order valence-corrected chi connectivity index (χ4v) is 4.96. The zero-order chi connectivity index (χ0) is 21.2. The van der Waals surface area contributed by atoms with Gasteiger partial charge in [-0.15, -0.1) is 0 Å². The van der Waals surface area contributed by atoms with E-state index in [-0.39, 0.29) is 11.7 Å². The molecule has 0 spiro atoms. The van der Waals surface area contributed by atoms with Crippen LogP contribution in [-0.2, 0) is 19.4 Å². The molecule has 3 aromatic carbocycles. The van der Waals surface area contributed by atoms with E-state index in [1.165, 1.54) is 11.1 Å². The third-order valence-corrected chi connectivity index (χ3v) is 6.76. The maximum absolute atomic E-state index is 12.6. The van der Waals surface area contributed by atoms with Crippen LogP contribution in [0.1, 0.15) is 27.0 Å². The summed E-state index contributed by atoms with van der Waals surface area (Å²) in [5, 5.41) is 13.3. The zero-order valence-corrected chi connectivity index (χ0v) is 17.9. The fourth-order valence-electron chi connectivity index (χ4n) is 3.93. The Morgan fingerprint density at radius 3 is 2.71 bits per heavy atom. The number of phenolic OH excluding ortho intramolecular Hbond substituents is 1. The zero-order valence-electron chi connectivity index (χ0n) is 17.0. The van der Waals surface area contributed by atoms with Gasteiger partial charge in [-0.05, 0) is 59.9 Å². The van der Waals surface area contributed by atoms with Crippen molar-refractivity contribution < 1.29 is 9.90 Å². The lowest BCUT2D eigenvalue weighted by Crippen LogP contribution is -2.30. The molecular weight excluding hydrogens is 406 g/mol. The Bertz CT molecular complexity index is 1230. The Hall–Kier alpha value is -3.38. The van der Waals surface area contributed by atoms with Crippen LogP contribution in [0.5, 0.6) is 5.75 Å². The van der Waals surface area contributed by atoms with Gasteiger partial charge in [0.1, 0.15) is 5.75 Å². The van der Waals surface area contributed by atoms with Gasteiger partial charge in [0.15, 0.2) is 5.13 Å². The SMILES string of the molecule is O=C(NCCc1ccc(O)cc1)c1ccc2nc(N3CCc4ccccc4C3)sc2c1. The van der Waals surface area contributed by atoms with Crippen molar-refractivity contribution in [3.05, 3.63) is 89.0 Å². The van der Waals surface area contributed by atoms with E-state index in [9.17, 15) is 9.90 Å². The van der Waals surface area contributed by atoms with Crippen molar-refractivity contribution in [2.75, 3.05) is 18.0 Å². The molecule has 0 fully saturated rings. The molecule has 2 heterocycles. The van der Waals surface area contributed by atoms with Gasteiger partial charge in [-0.25, -0.2) is 4.98 Å². The summed E-state index contributed by atoms with van der Waals surface area (Å²) in [4.78, 5) is 19.7. The minimum Gasteiger partial charge on any atom is -0.508 e. The van der Waals surface area contributed by atoms with E-state index in [0.717, 1.165) is 46.8 Å². The monoisotopic (exact) mass is 429 g/mol. The molecule has 5 nitrogen and oxygen atoms in total. The lowest BCUT2D eigenvalue weighted by molar-refractivity contribution is 0.0954. The number of aromatic nitrogens is 1. The van der Waals surface area contributed by atoms with Crippen LogP contribution in [-0.4, -0.2) is 29.1 Å². The number of amides is 1. The molecule has 31 heavy (non-hydrogen) atoms.